The van der Waals surface area contributed by atoms with Gasteiger partial charge in [0.25, 0.3) is 0 Å². The molecule has 1 rings (SSSR count). The fraction of sp³-hybridized carbons (Fsp3) is 0.375. The molecule has 0 saturated carbocycles. The lowest BCUT2D eigenvalue weighted by Crippen LogP contribution is -2.23. The van der Waals surface area contributed by atoms with Crippen molar-refractivity contribution >= 4 is 27.3 Å². The molecule has 5 nitrogen and oxygen atoms in total. The number of hydrogen-bond acceptors (Lipinski definition) is 5. The van der Waals surface area contributed by atoms with Gasteiger partial charge in [-0.2, -0.15) is 0 Å². The summed E-state index contributed by atoms with van der Waals surface area (Å²) in [6, 6.07) is 0. The molecule has 1 atom stereocenters. The van der Waals surface area contributed by atoms with Gasteiger partial charge in [0.15, 0.2) is 0 Å². The average Bonchev–Trinajstić information content (AvgIpc) is 2.16. The molecule has 0 aliphatic heterocycles. The molecule has 0 fully saturated rings. The third kappa shape index (κ3) is 2.83. The van der Waals surface area contributed by atoms with Gasteiger partial charge in [0.05, 0.1) is 34.8 Å². The zero-order chi connectivity index (χ0) is 10.6. The van der Waals surface area contributed by atoms with Crippen molar-refractivity contribution in [3.05, 3.63) is 16.9 Å². The first-order valence-corrected chi connectivity index (χ1v) is 4.86. The van der Waals surface area contributed by atoms with Crippen molar-refractivity contribution in [2.24, 2.45) is 0 Å². The molecule has 0 spiro atoms. The van der Waals surface area contributed by atoms with Gasteiger partial charge in [-0.1, -0.05) is 0 Å². The van der Waals surface area contributed by atoms with Gasteiger partial charge < -0.3 is 21.3 Å². The van der Waals surface area contributed by atoms with Gasteiger partial charge in [-0.05, 0) is 15.9 Å². The fourth-order valence-electron chi connectivity index (χ4n) is 0.921. The van der Waals surface area contributed by atoms with E-state index in [4.69, 9.17) is 15.9 Å². The Morgan fingerprint density at radius 1 is 1.57 bits per heavy atom. The predicted molar refractivity (Wildman–Crippen MR) is 57.9 cm³/mol. The first-order chi connectivity index (χ1) is 6.65. The van der Waals surface area contributed by atoms with Crippen LogP contribution in [0.25, 0.3) is 0 Å². The Morgan fingerprint density at radius 2 is 2.29 bits per heavy atom. The van der Waals surface area contributed by atoms with Crippen molar-refractivity contribution in [2.45, 2.75) is 6.10 Å². The van der Waals surface area contributed by atoms with E-state index in [1.54, 1.807) is 6.20 Å². The van der Waals surface area contributed by atoms with Gasteiger partial charge in [-0.3, -0.25) is 4.98 Å². The SMILES string of the molecule is Nc1cncc(Br)c1NCC(O)CO. The number of nitrogens with two attached hydrogens (primary N) is 1. The second-order valence-corrected chi connectivity index (χ2v) is 3.66. The maximum Gasteiger partial charge on any atom is 0.0942 e. The lowest BCUT2D eigenvalue weighted by atomic mass is 10.3. The Bertz CT molecular complexity index is 288. The predicted octanol–water partition coefficient (Wildman–Crippen LogP) is 0.191. The minimum absolute atomic E-state index is 0.239. The van der Waals surface area contributed by atoms with Crippen molar-refractivity contribution in [3.63, 3.8) is 0 Å². The molecule has 78 valence electrons. The number of aliphatic hydroxyl groups is 2. The number of pyridine rings is 1. The van der Waals surface area contributed by atoms with Crippen LogP contribution in [0.5, 0.6) is 0 Å². The molecular weight excluding hydrogens is 250 g/mol. The van der Waals surface area contributed by atoms with Crippen LogP contribution in [0.2, 0.25) is 0 Å². The third-order valence-electron chi connectivity index (χ3n) is 1.65. The lowest BCUT2D eigenvalue weighted by Gasteiger charge is -2.13. The highest BCUT2D eigenvalue weighted by Gasteiger charge is 2.06. The third-order valence-corrected chi connectivity index (χ3v) is 2.26. The van der Waals surface area contributed by atoms with Gasteiger partial charge >= 0.3 is 0 Å². The standard InChI is InChI=1S/C8H12BrN3O2/c9-6-2-11-3-7(10)8(6)12-1-5(14)4-13/h2-3,5,13-14H,1,4,10H2,(H,11,12). The molecule has 0 amide bonds. The number of hydrogen-bond donors (Lipinski definition) is 4. The normalized spacial score (nSPS) is 12.5. The summed E-state index contributed by atoms with van der Waals surface area (Å²) in [5, 5.41) is 20.6. The van der Waals surface area contributed by atoms with Gasteiger partial charge in [0, 0.05) is 12.7 Å². The molecule has 5 N–H and O–H groups in total. The molecule has 0 radical (unpaired) electrons. The van der Waals surface area contributed by atoms with Crippen molar-refractivity contribution in [1.29, 1.82) is 0 Å². The minimum Gasteiger partial charge on any atom is -0.396 e. The van der Waals surface area contributed by atoms with E-state index in [-0.39, 0.29) is 13.2 Å². The molecule has 1 unspecified atom stereocenters. The lowest BCUT2D eigenvalue weighted by molar-refractivity contribution is 0.105. The van der Waals surface area contributed by atoms with Crippen LogP contribution in [0, 0.1) is 0 Å². The van der Waals surface area contributed by atoms with Crippen molar-refractivity contribution in [3.8, 4) is 0 Å². The van der Waals surface area contributed by atoms with Crippen molar-refractivity contribution < 1.29 is 10.2 Å². The zero-order valence-corrected chi connectivity index (χ0v) is 9.03. The second kappa shape index (κ2) is 5.14. The van der Waals surface area contributed by atoms with Gasteiger partial charge in [-0.25, -0.2) is 0 Å². The van der Waals surface area contributed by atoms with Crippen LogP contribution in [0.3, 0.4) is 0 Å². The molecule has 1 heterocycles. The summed E-state index contributed by atoms with van der Waals surface area (Å²) in [7, 11) is 0. The minimum atomic E-state index is -0.797. The monoisotopic (exact) mass is 261 g/mol. The van der Waals surface area contributed by atoms with E-state index in [1.807, 2.05) is 0 Å². The Morgan fingerprint density at radius 3 is 2.86 bits per heavy atom. The van der Waals surface area contributed by atoms with Gasteiger partial charge in [0.1, 0.15) is 0 Å². The number of aliphatic hydroxyl groups excluding tert-OH is 2. The van der Waals surface area contributed by atoms with Crippen LogP contribution in [-0.2, 0) is 0 Å². The maximum atomic E-state index is 9.12. The van der Waals surface area contributed by atoms with Crippen LogP contribution < -0.4 is 11.1 Å². The molecule has 6 heteroatoms. The smallest absolute Gasteiger partial charge is 0.0942 e. The first-order valence-electron chi connectivity index (χ1n) is 4.07. The molecule has 0 aliphatic rings. The summed E-state index contributed by atoms with van der Waals surface area (Å²) in [4.78, 5) is 3.87. The summed E-state index contributed by atoms with van der Waals surface area (Å²) in [6.45, 7) is -0.0427. The van der Waals surface area contributed by atoms with E-state index in [9.17, 15) is 0 Å². The van der Waals surface area contributed by atoms with E-state index < -0.39 is 6.10 Å². The molecule has 0 saturated heterocycles. The Hall–Kier alpha value is -0.850. The summed E-state index contributed by atoms with van der Waals surface area (Å²) in [5.74, 6) is 0. The van der Waals surface area contributed by atoms with Crippen molar-refractivity contribution in [1.82, 2.24) is 4.98 Å². The van der Waals surface area contributed by atoms with E-state index in [0.29, 0.717) is 11.4 Å². The highest BCUT2D eigenvalue weighted by atomic mass is 79.9. The first kappa shape index (κ1) is 11.2. The molecule has 14 heavy (non-hydrogen) atoms. The average molecular weight is 262 g/mol. The molecule has 1 aromatic rings. The molecule has 0 aromatic carbocycles. The van der Waals surface area contributed by atoms with E-state index >= 15 is 0 Å². The Kier molecular flexibility index (Phi) is 4.12. The highest BCUT2D eigenvalue weighted by molar-refractivity contribution is 9.10. The van der Waals surface area contributed by atoms with Crippen LogP contribution in [0.1, 0.15) is 0 Å². The van der Waals surface area contributed by atoms with Gasteiger partial charge in [0.2, 0.25) is 0 Å². The second-order valence-electron chi connectivity index (χ2n) is 2.80. The summed E-state index contributed by atoms with van der Waals surface area (Å²) in [5.41, 5.74) is 6.81. The molecule has 0 aliphatic carbocycles. The van der Waals surface area contributed by atoms with Gasteiger partial charge in [-0.15, -0.1) is 0 Å². The quantitative estimate of drug-likeness (QED) is 0.621. The molecule has 0 bridgehead atoms. The summed E-state index contributed by atoms with van der Waals surface area (Å²) in [6.07, 6.45) is 2.32. The van der Waals surface area contributed by atoms with Crippen LogP contribution in [0.15, 0.2) is 16.9 Å². The summed E-state index contributed by atoms with van der Waals surface area (Å²) < 4.78 is 0.725. The number of anilines is 2. The summed E-state index contributed by atoms with van der Waals surface area (Å²) >= 11 is 3.27. The number of halogens is 1. The Balaban J connectivity index is 2.66. The fourth-order valence-corrected chi connectivity index (χ4v) is 1.41. The highest BCUT2D eigenvalue weighted by Crippen LogP contribution is 2.26. The number of nitrogen functional groups attached to an aromatic ring is 1. The van der Waals surface area contributed by atoms with Crippen molar-refractivity contribution in [2.75, 3.05) is 24.2 Å². The van der Waals surface area contributed by atoms with Crippen LogP contribution in [-0.4, -0.2) is 34.5 Å². The number of nitrogens with zero attached hydrogens (tertiary/aromatic N) is 1. The number of rotatable bonds is 4. The maximum absolute atomic E-state index is 9.12. The largest absolute Gasteiger partial charge is 0.396 e. The Labute approximate surface area is 90.1 Å². The zero-order valence-electron chi connectivity index (χ0n) is 7.44. The van der Waals surface area contributed by atoms with E-state index in [0.717, 1.165) is 4.47 Å². The molecular formula is C8H12BrN3O2. The molecule has 1 aromatic heterocycles. The van der Waals surface area contributed by atoms with Crippen LogP contribution >= 0.6 is 15.9 Å². The van der Waals surface area contributed by atoms with E-state index in [2.05, 4.69) is 26.2 Å². The number of nitrogens with one attached hydrogen (secondary N) is 1. The number of aromatic nitrogens is 1. The van der Waals surface area contributed by atoms with Crippen LogP contribution in [0.4, 0.5) is 11.4 Å². The topological polar surface area (TPSA) is 91.4 Å². The van der Waals surface area contributed by atoms with E-state index in [1.165, 1.54) is 6.20 Å².